The lowest BCUT2D eigenvalue weighted by atomic mass is 10.2. The first-order chi connectivity index (χ1) is 12.7. The number of carbonyl (C=O) groups is 1. The van der Waals surface area contributed by atoms with Crippen LogP contribution in [0.25, 0.3) is 16.6 Å². The molecule has 3 rings (SSSR count). The van der Waals surface area contributed by atoms with E-state index in [9.17, 15) is 4.79 Å². The molecule has 0 aliphatic carbocycles. The lowest BCUT2D eigenvalue weighted by Crippen LogP contribution is -2.29. The molecule has 0 fully saturated rings. The molecule has 1 amide bonds. The number of hydrogen-bond donors (Lipinski definition) is 4. The van der Waals surface area contributed by atoms with E-state index in [-0.39, 0.29) is 12.5 Å². The topological polar surface area (TPSA) is 141 Å². The van der Waals surface area contributed by atoms with E-state index in [4.69, 9.17) is 11.5 Å². The summed E-state index contributed by atoms with van der Waals surface area (Å²) in [5.74, 6) is 1.01. The van der Waals surface area contributed by atoms with Gasteiger partial charge in [-0.1, -0.05) is 12.1 Å². The van der Waals surface area contributed by atoms with Gasteiger partial charge in [-0.2, -0.15) is 5.10 Å². The van der Waals surface area contributed by atoms with Crippen LogP contribution >= 0.6 is 0 Å². The molecule has 9 nitrogen and oxygen atoms in total. The molecule has 0 aliphatic heterocycles. The second kappa shape index (κ2) is 7.97. The quantitative estimate of drug-likeness (QED) is 0.450. The van der Waals surface area contributed by atoms with Crippen LogP contribution in [0.4, 0.5) is 0 Å². The molecule has 0 saturated heterocycles. The molecule has 0 atom stereocenters. The summed E-state index contributed by atoms with van der Waals surface area (Å²) in [6.45, 7) is 0.651. The van der Waals surface area contributed by atoms with Gasteiger partial charge < -0.3 is 21.4 Å². The maximum atomic E-state index is 12.1. The number of H-pyrrole nitrogens is 1. The van der Waals surface area contributed by atoms with Gasteiger partial charge >= 0.3 is 0 Å². The molecule has 6 N–H and O–H groups in total. The Labute approximate surface area is 149 Å². The van der Waals surface area contributed by atoms with Gasteiger partial charge in [-0.05, 0) is 24.4 Å². The van der Waals surface area contributed by atoms with Gasteiger partial charge in [0.1, 0.15) is 12.4 Å². The third-order valence-corrected chi connectivity index (χ3v) is 3.77. The molecule has 3 aromatic rings. The number of carbonyl (C=O) groups excluding carboxylic acids is 1. The number of fused-ring (bicyclic) bond motifs is 1. The van der Waals surface area contributed by atoms with Gasteiger partial charge in [-0.25, -0.2) is 9.97 Å². The number of aromatic nitrogens is 5. The Hall–Kier alpha value is -3.62. The van der Waals surface area contributed by atoms with Gasteiger partial charge in [-0.15, -0.1) is 0 Å². The zero-order valence-electron chi connectivity index (χ0n) is 14.1. The number of allylic oxidation sites excluding steroid dienone is 2. The average Bonchev–Trinajstić information content (AvgIpc) is 3.27. The third-order valence-electron chi connectivity index (χ3n) is 3.77. The van der Waals surface area contributed by atoms with Crippen LogP contribution in [0.1, 0.15) is 11.6 Å². The Morgan fingerprint density at radius 2 is 2.15 bits per heavy atom. The molecule has 1 aromatic carbocycles. The van der Waals surface area contributed by atoms with E-state index in [1.165, 1.54) is 12.4 Å². The van der Waals surface area contributed by atoms with Gasteiger partial charge in [0, 0.05) is 24.7 Å². The van der Waals surface area contributed by atoms with E-state index in [1.54, 1.807) is 12.4 Å². The van der Waals surface area contributed by atoms with E-state index < -0.39 is 0 Å². The van der Waals surface area contributed by atoms with Crippen molar-refractivity contribution >= 4 is 22.5 Å². The SMILES string of the molecule is N/C=C\C(=C/N)c1n[nH]c(CCNC(=O)Cn2cnc3ccccc32)n1. The van der Waals surface area contributed by atoms with Crippen molar-refractivity contribution in [1.29, 1.82) is 0 Å². The number of imidazole rings is 1. The van der Waals surface area contributed by atoms with Crippen LogP contribution in [-0.2, 0) is 17.8 Å². The standard InChI is InChI=1S/C17H20N8O/c18-7-5-12(9-19)17-22-15(23-24-17)6-8-20-16(26)10-25-11-21-13-3-1-2-4-14(13)25/h1-5,7,9,11H,6,8,10,18-19H2,(H,20,26)(H,22,23,24)/b7-5-,12-9+. The van der Waals surface area contributed by atoms with Gasteiger partial charge in [0.2, 0.25) is 5.91 Å². The van der Waals surface area contributed by atoms with Crippen LogP contribution in [0.2, 0.25) is 0 Å². The van der Waals surface area contributed by atoms with Crippen molar-refractivity contribution in [3.63, 3.8) is 0 Å². The lowest BCUT2D eigenvalue weighted by Gasteiger charge is -2.05. The molecule has 0 aliphatic rings. The number of aromatic amines is 1. The molecular formula is C17H20N8O. The number of nitrogens with zero attached hydrogens (tertiary/aromatic N) is 4. The maximum absolute atomic E-state index is 12.1. The largest absolute Gasteiger partial charge is 0.405 e. The van der Waals surface area contributed by atoms with Gasteiger partial charge in [0.15, 0.2) is 5.82 Å². The van der Waals surface area contributed by atoms with Crippen molar-refractivity contribution in [1.82, 2.24) is 30.0 Å². The minimum atomic E-state index is -0.0958. The first kappa shape index (κ1) is 17.2. The second-order valence-corrected chi connectivity index (χ2v) is 5.55. The van der Waals surface area contributed by atoms with Crippen LogP contribution in [0.5, 0.6) is 0 Å². The van der Waals surface area contributed by atoms with Crippen molar-refractivity contribution in [2.45, 2.75) is 13.0 Å². The number of benzene rings is 1. The molecule has 134 valence electrons. The van der Waals surface area contributed by atoms with E-state index in [2.05, 4.69) is 25.5 Å². The Kier molecular flexibility index (Phi) is 5.28. The zero-order valence-corrected chi connectivity index (χ0v) is 14.1. The number of amides is 1. The van der Waals surface area contributed by atoms with E-state index >= 15 is 0 Å². The summed E-state index contributed by atoms with van der Waals surface area (Å²) in [4.78, 5) is 20.7. The summed E-state index contributed by atoms with van der Waals surface area (Å²) in [6, 6.07) is 7.68. The Bertz CT molecular complexity index is 952. The summed E-state index contributed by atoms with van der Waals surface area (Å²) < 4.78 is 1.81. The van der Waals surface area contributed by atoms with Crippen LogP contribution < -0.4 is 16.8 Å². The number of nitrogens with two attached hydrogens (primary N) is 2. The van der Waals surface area contributed by atoms with Crippen LogP contribution in [0.3, 0.4) is 0 Å². The van der Waals surface area contributed by atoms with E-state index in [1.807, 2.05) is 28.8 Å². The zero-order chi connectivity index (χ0) is 18.4. The molecule has 0 radical (unpaired) electrons. The fraction of sp³-hybridized carbons (Fsp3) is 0.176. The van der Waals surface area contributed by atoms with Gasteiger partial charge in [0.05, 0.1) is 17.4 Å². The number of para-hydroxylation sites is 2. The number of nitrogens with one attached hydrogen (secondary N) is 2. The maximum Gasteiger partial charge on any atom is 0.240 e. The molecular weight excluding hydrogens is 332 g/mol. The Morgan fingerprint density at radius 3 is 2.96 bits per heavy atom. The highest BCUT2D eigenvalue weighted by Crippen LogP contribution is 2.11. The number of rotatable bonds is 7. The molecule has 0 unspecified atom stereocenters. The summed E-state index contributed by atoms with van der Waals surface area (Å²) in [5, 5.41) is 9.77. The fourth-order valence-electron chi connectivity index (χ4n) is 2.51. The monoisotopic (exact) mass is 352 g/mol. The van der Waals surface area contributed by atoms with Crippen LogP contribution in [0.15, 0.2) is 49.1 Å². The van der Waals surface area contributed by atoms with Crippen molar-refractivity contribution in [3.05, 3.63) is 60.7 Å². The molecule has 9 heteroatoms. The fourth-order valence-corrected chi connectivity index (χ4v) is 2.51. The summed E-state index contributed by atoms with van der Waals surface area (Å²) in [6.07, 6.45) is 6.55. The van der Waals surface area contributed by atoms with Crippen LogP contribution in [-0.4, -0.2) is 37.2 Å². The summed E-state index contributed by atoms with van der Waals surface area (Å²) in [7, 11) is 0. The highest BCUT2D eigenvalue weighted by molar-refractivity contribution is 5.80. The normalized spacial score (nSPS) is 12.1. The molecule has 0 saturated carbocycles. The first-order valence-electron chi connectivity index (χ1n) is 8.09. The molecule has 2 aromatic heterocycles. The van der Waals surface area contributed by atoms with E-state index in [0.29, 0.717) is 30.2 Å². The highest BCUT2D eigenvalue weighted by atomic mass is 16.1. The lowest BCUT2D eigenvalue weighted by molar-refractivity contribution is -0.121. The van der Waals surface area contributed by atoms with Crippen molar-refractivity contribution < 1.29 is 4.79 Å². The predicted molar refractivity (Wildman–Crippen MR) is 98.3 cm³/mol. The van der Waals surface area contributed by atoms with E-state index in [0.717, 1.165) is 11.0 Å². The highest BCUT2D eigenvalue weighted by Gasteiger charge is 2.09. The minimum absolute atomic E-state index is 0.0958. The van der Waals surface area contributed by atoms with Gasteiger partial charge in [-0.3, -0.25) is 9.89 Å². The first-order valence-corrected chi connectivity index (χ1v) is 8.09. The average molecular weight is 352 g/mol. The number of hydrogen-bond acceptors (Lipinski definition) is 6. The summed E-state index contributed by atoms with van der Waals surface area (Å²) in [5.41, 5.74) is 13.3. The minimum Gasteiger partial charge on any atom is -0.405 e. The second-order valence-electron chi connectivity index (χ2n) is 5.55. The smallest absolute Gasteiger partial charge is 0.240 e. The van der Waals surface area contributed by atoms with Crippen molar-refractivity contribution in [3.8, 4) is 0 Å². The van der Waals surface area contributed by atoms with Crippen molar-refractivity contribution in [2.75, 3.05) is 6.54 Å². The van der Waals surface area contributed by atoms with Gasteiger partial charge in [0.25, 0.3) is 0 Å². The predicted octanol–water partition coefficient (Wildman–Crippen LogP) is 0.285. The molecule has 26 heavy (non-hydrogen) atoms. The summed E-state index contributed by atoms with van der Waals surface area (Å²) >= 11 is 0. The molecule has 2 heterocycles. The van der Waals surface area contributed by atoms with Crippen molar-refractivity contribution in [2.24, 2.45) is 11.5 Å². The Morgan fingerprint density at radius 1 is 1.31 bits per heavy atom. The third kappa shape index (κ3) is 3.89. The van der Waals surface area contributed by atoms with Crippen LogP contribution in [0, 0.1) is 0 Å². The molecule has 0 spiro atoms. The Balaban J connectivity index is 1.52. The molecule has 0 bridgehead atoms.